The van der Waals surface area contributed by atoms with Crippen molar-refractivity contribution in [3.8, 4) is 0 Å². The molecule has 0 bridgehead atoms. The van der Waals surface area contributed by atoms with Crippen LogP contribution in [0.2, 0.25) is 0 Å². The first-order valence-corrected chi connectivity index (χ1v) is 6.69. The van der Waals surface area contributed by atoms with Crippen molar-refractivity contribution in [1.29, 1.82) is 0 Å². The SMILES string of the molecule is Cc1nc(CSc2nnc(CN)n2C)cs1. The van der Waals surface area contributed by atoms with Crippen LogP contribution in [0, 0.1) is 6.92 Å². The van der Waals surface area contributed by atoms with Gasteiger partial charge in [0.2, 0.25) is 0 Å². The van der Waals surface area contributed by atoms with Crippen molar-refractivity contribution in [2.45, 2.75) is 24.4 Å². The number of aromatic nitrogens is 4. The Morgan fingerprint density at radius 2 is 2.31 bits per heavy atom. The Morgan fingerprint density at radius 3 is 2.88 bits per heavy atom. The van der Waals surface area contributed by atoms with Gasteiger partial charge >= 0.3 is 0 Å². The van der Waals surface area contributed by atoms with E-state index in [0.717, 1.165) is 27.4 Å². The molecule has 0 radical (unpaired) electrons. The highest BCUT2D eigenvalue weighted by molar-refractivity contribution is 7.98. The highest BCUT2D eigenvalue weighted by Crippen LogP contribution is 2.21. The number of hydrogen-bond acceptors (Lipinski definition) is 6. The molecule has 0 amide bonds. The topological polar surface area (TPSA) is 69.6 Å². The summed E-state index contributed by atoms with van der Waals surface area (Å²) in [4.78, 5) is 4.40. The van der Waals surface area contributed by atoms with Crippen molar-refractivity contribution in [3.63, 3.8) is 0 Å². The monoisotopic (exact) mass is 255 g/mol. The molecule has 2 rings (SSSR count). The van der Waals surface area contributed by atoms with Crippen LogP contribution in [0.5, 0.6) is 0 Å². The molecule has 0 atom stereocenters. The zero-order valence-electron chi connectivity index (χ0n) is 9.17. The molecular formula is C9H13N5S2. The van der Waals surface area contributed by atoms with E-state index in [1.165, 1.54) is 0 Å². The quantitative estimate of drug-likeness (QED) is 0.835. The minimum atomic E-state index is 0.417. The maximum absolute atomic E-state index is 5.53. The smallest absolute Gasteiger partial charge is 0.191 e. The zero-order valence-corrected chi connectivity index (χ0v) is 10.8. The molecule has 0 aliphatic rings. The maximum Gasteiger partial charge on any atom is 0.191 e. The molecule has 0 spiro atoms. The number of nitrogens with zero attached hydrogens (tertiary/aromatic N) is 4. The van der Waals surface area contributed by atoms with E-state index in [2.05, 4.69) is 20.6 Å². The molecule has 7 heteroatoms. The van der Waals surface area contributed by atoms with Crippen molar-refractivity contribution >= 4 is 23.1 Å². The Kier molecular flexibility index (Phi) is 3.57. The Hall–Kier alpha value is -0.920. The molecule has 16 heavy (non-hydrogen) atoms. The van der Waals surface area contributed by atoms with Gasteiger partial charge in [0.05, 0.1) is 17.2 Å². The maximum atomic E-state index is 5.53. The highest BCUT2D eigenvalue weighted by Gasteiger charge is 2.08. The molecular weight excluding hydrogens is 242 g/mol. The number of rotatable bonds is 4. The average molecular weight is 255 g/mol. The third kappa shape index (κ3) is 2.42. The van der Waals surface area contributed by atoms with E-state index in [-0.39, 0.29) is 0 Å². The zero-order chi connectivity index (χ0) is 11.5. The summed E-state index contributed by atoms with van der Waals surface area (Å²) in [5, 5.41) is 12.1. The third-order valence-electron chi connectivity index (χ3n) is 2.12. The molecule has 0 aromatic carbocycles. The van der Waals surface area contributed by atoms with Gasteiger partial charge in [-0.05, 0) is 6.92 Å². The second-order valence-corrected chi connectivity index (χ2v) is 5.31. The van der Waals surface area contributed by atoms with Gasteiger partial charge < -0.3 is 10.3 Å². The Bertz CT molecular complexity index is 476. The predicted molar refractivity (Wildman–Crippen MR) is 65.3 cm³/mol. The molecule has 2 heterocycles. The molecule has 2 aromatic heterocycles. The lowest BCUT2D eigenvalue weighted by Gasteiger charge is -2.00. The van der Waals surface area contributed by atoms with Crippen molar-refractivity contribution in [2.24, 2.45) is 12.8 Å². The number of thioether (sulfide) groups is 1. The van der Waals surface area contributed by atoms with Crippen LogP contribution in [0.4, 0.5) is 0 Å². The molecule has 2 aromatic rings. The van der Waals surface area contributed by atoms with Gasteiger partial charge in [-0.25, -0.2) is 4.98 Å². The van der Waals surface area contributed by atoms with Crippen LogP contribution in [0.15, 0.2) is 10.5 Å². The fraction of sp³-hybridized carbons (Fsp3) is 0.444. The van der Waals surface area contributed by atoms with Gasteiger partial charge in [0.15, 0.2) is 5.16 Å². The summed E-state index contributed by atoms with van der Waals surface area (Å²) in [6, 6.07) is 0. The lowest BCUT2D eigenvalue weighted by Crippen LogP contribution is -2.05. The Labute approximate surface area is 102 Å². The molecule has 0 fully saturated rings. The van der Waals surface area contributed by atoms with Gasteiger partial charge in [0.25, 0.3) is 0 Å². The first-order valence-electron chi connectivity index (χ1n) is 4.83. The van der Waals surface area contributed by atoms with Crippen molar-refractivity contribution in [3.05, 3.63) is 21.9 Å². The second-order valence-electron chi connectivity index (χ2n) is 3.31. The van der Waals surface area contributed by atoms with E-state index in [1.807, 2.05) is 18.5 Å². The molecule has 0 aliphatic carbocycles. The third-order valence-corrected chi connectivity index (χ3v) is 4.00. The van der Waals surface area contributed by atoms with Gasteiger partial charge in [0, 0.05) is 18.2 Å². The van der Waals surface area contributed by atoms with E-state index in [4.69, 9.17) is 5.73 Å². The number of nitrogens with two attached hydrogens (primary N) is 1. The van der Waals surface area contributed by atoms with E-state index in [9.17, 15) is 0 Å². The summed E-state index contributed by atoms with van der Waals surface area (Å²) < 4.78 is 1.92. The van der Waals surface area contributed by atoms with Gasteiger partial charge in [-0.2, -0.15) is 0 Å². The van der Waals surface area contributed by atoms with Crippen LogP contribution in [0.25, 0.3) is 0 Å². The van der Waals surface area contributed by atoms with E-state index >= 15 is 0 Å². The largest absolute Gasteiger partial charge is 0.324 e. The van der Waals surface area contributed by atoms with E-state index in [1.54, 1.807) is 23.1 Å². The number of thiazole rings is 1. The Morgan fingerprint density at radius 1 is 1.50 bits per heavy atom. The van der Waals surface area contributed by atoms with Crippen molar-refractivity contribution in [1.82, 2.24) is 19.7 Å². The summed E-state index contributed by atoms with van der Waals surface area (Å²) >= 11 is 3.29. The molecule has 0 saturated heterocycles. The first kappa shape index (κ1) is 11.6. The van der Waals surface area contributed by atoms with Gasteiger partial charge in [-0.15, -0.1) is 21.5 Å². The van der Waals surface area contributed by atoms with E-state index in [0.29, 0.717) is 6.54 Å². The fourth-order valence-electron chi connectivity index (χ4n) is 1.26. The highest BCUT2D eigenvalue weighted by atomic mass is 32.2. The lowest BCUT2D eigenvalue weighted by molar-refractivity contribution is 0.734. The molecule has 0 unspecified atom stereocenters. The number of aryl methyl sites for hydroxylation is 1. The lowest BCUT2D eigenvalue weighted by atomic mass is 10.6. The van der Waals surface area contributed by atoms with Crippen molar-refractivity contribution < 1.29 is 0 Å². The summed E-state index contributed by atoms with van der Waals surface area (Å²) in [7, 11) is 1.93. The van der Waals surface area contributed by atoms with Crippen molar-refractivity contribution in [2.75, 3.05) is 0 Å². The van der Waals surface area contributed by atoms with Crippen LogP contribution in [0.3, 0.4) is 0 Å². The molecule has 2 N–H and O–H groups in total. The number of hydrogen-bond donors (Lipinski definition) is 1. The van der Waals surface area contributed by atoms with Crippen LogP contribution in [-0.4, -0.2) is 19.7 Å². The van der Waals surface area contributed by atoms with Crippen LogP contribution in [0.1, 0.15) is 16.5 Å². The van der Waals surface area contributed by atoms with E-state index < -0.39 is 0 Å². The standard InChI is InChI=1S/C9H13N5S2/c1-6-11-7(4-15-6)5-16-9-13-12-8(3-10)14(9)2/h4H,3,5,10H2,1-2H3. The summed E-state index contributed by atoms with van der Waals surface area (Å²) in [6.07, 6.45) is 0. The predicted octanol–water partition coefficient (Wildman–Crippen LogP) is 1.33. The van der Waals surface area contributed by atoms with Crippen LogP contribution < -0.4 is 5.73 Å². The second kappa shape index (κ2) is 4.94. The Balaban J connectivity index is 2.02. The average Bonchev–Trinajstić information content (AvgIpc) is 2.83. The summed E-state index contributed by atoms with van der Waals surface area (Å²) in [5.41, 5.74) is 6.62. The van der Waals surface area contributed by atoms with Gasteiger partial charge in [-0.1, -0.05) is 11.8 Å². The fourth-order valence-corrected chi connectivity index (χ4v) is 2.80. The van der Waals surface area contributed by atoms with Gasteiger partial charge in [0.1, 0.15) is 5.82 Å². The first-order chi connectivity index (χ1) is 7.70. The van der Waals surface area contributed by atoms with Crippen LogP contribution >= 0.6 is 23.1 Å². The van der Waals surface area contributed by atoms with Crippen LogP contribution in [-0.2, 0) is 19.3 Å². The van der Waals surface area contributed by atoms with Gasteiger partial charge in [-0.3, -0.25) is 0 Å². The summed E-state index contributed by atoms with van der Waals surface area (Å²) in [5.74, 6) is 1.62. The molecule has 86 valence electrons. The molecule has 0 aliphatic heterocycles. The summed E-state index contributed by atoms with van der Waals surface area (Å²) in [6.45, 7) is 2.42. The normalized spacial score (nSPS) is 10.9. The molecule has 5 nitrogen and oxygen atoms in total. The molecule has 0 saturated carbocycles. The minimum absolute atomic E-state index is 0.417. The minimum Gasteiger partial charge on any atom is -0.324 e.